The van der Waals surface area contributed by atoms with Crippen molar-refractivity contribution in [2.24, 2.45) is 0 Å². The predicted molar refractivity (Wildman–Crippen MR) is 45.5 cm³/mol. The first-order chi connectivity index (χ1) is 5.34. The highest BCUT2D eigenvalue weighted by atomic mass is 79.9. The zero-order chi connectivity index (χ0) is 7.68. The predicted octanol–water partition coefficient (Wildman–Crippen LogP) is 2.40. The molecule has 11 heavy (non-hydrogen) atoms. The highest BCUT2D eigenvalue weighted by molar-refractivity contribution is 9.10. The summed E-state index contributed by atoms with van der Waals surface area (Å²) in [4.78, 5) is 4.07. The van der Waals surface area contributed by atoms with Gasteiger partial charge < -0.3 is 9.73 Å². The van der Waals surface area contributed by atoms with Crippen molar-refractivity contribution in [2.45, 2.75) is 25.3 Å². The van der Waals surface area contributed by atoms with Gasteiger partial charge in [-0.3, -0.25) is 0 Å². The molecule has 60 valence electrons. The van der Waals surface area contributed by atoms with Crippen LogP contribution in [0.25, 0.3) is 0 Å². The van der Waals surface area contributed by atoms with Crippen LogP contribution < -0.4 is 5.32 Å². The van der Waals surface area contributed by atoms with Crippen LogP contribution in [-0.4, -0.2) is 11.0 Å². The Labute approximate surface area is 73.3 Å². The smallest absolute Gasteiger partial charge is 0.295 e. The van der Waals surface area contributed by atoms with E-state index in [4.69, 9.17) is 4.42 Å². The van der Waals surface area contributed by atoms with Crippen LogP contribution in [-0.2, 0) is 0 Å². The lowest BCUT2D eigenvalue weighted by Crippen LogP contribution is -2.27. The molecule has 1 aliphatic carbocycles. The van der Waals surface area contributed by atoms with Gasteiger partial charge in [-0.15, -0.1) is 0 Å². The molecule has 4 heteroatoms. The second-order valence-corrected chi connectivity index (χ2v) is 3.56. The first kappa shape index (κ1) is 7.16. The van der Waals surface area contributed by atoms with E-state index < -0.39 is 0 Å². The molecule has 0 unspecified atom stereocenters. The van der Waals surface area contributed by atoms with E-state index in [2.05, 4.69) is 26.2 Å². The second-order valence-electron chi connectivity index (χ2n) is 2.75. The van der Waals surface area contributed by atoms with Crippen LogP contribution in [0.1, 0.15) is 19.3 Å². The minimum Gasteiger partial charge on any atom is -0.431 e. The average Bonchev–Trinajstić information content (AvgIpc) is 2.27. The van der Waals surface area contributed by atoms with Gasteiger partial charge in [0.15, 0.2) is 0 Å². The molecular formula is C7H9BrN2O. The fourth-order valence-corrected chi connectivity index (χ4v) is 1.30. The molecule has 0 radical (unpaired) electrons. The number of nitrogens with zero attached hydrogens (tertiary/aromatic N) is 1. The Balaban J connectivity index is 1.95. The fraction of sp³-hybridized carbons (Fsp3) is 0.571. The molecule has 1 heterocycles. The quantitative estimate of drug-likeness (QED) is 0.826. The van der Waals surface area contributed by atoms with E-state index in [1.54, 1.807) is 6.26 Å². The Morgan fingerprint density at radius 3 is 2.91 bits per heavy atom. The number of anilines is 1. The van der Waals surface area contributed by atoms with Gasteiger partial charge in [0.25, 0.3) is 6.01 Å². The monoisotopic (exact) mass is 216 g/mol. The van der Waals surface area contributed by atoms with Crippen molar-refractivity contribution in [3.05, 3.63) is 10.9 Å². The third kappa shape index (κ3) is 1.56. The van der Waals surface area contributed by atoms with E-state index in [1.165, 1.54) is 19.3 Å². The molecule has 1 fully saturated rings. The lowest BCUT2D eigenvalue weighted by atomic mass is 9.93. The van der Waals surface area contributed by atoms with Crippen molar-refractivity contribution in [1.82, 2.24) is 4.98 Å². The maximum absolute atomic E-state index is 5.10. The molecule has 0 spiro atoms. The van der Waals surface area contributed by atoms with Crippen LogP contribution in [0.5, 0.6) is 0 Å². The van der Waals surface area contributed by atoms with Gasteiger partial charge >= 0.3 is 0 Å². The van der Waals surface area contributed by atoms with Crippen LogP contribution in [0, 0.1) is 0 Å². The summed E-state index contributed by atoms with van der Waals surface area (Å²) in [5, 5.41) is 3.19. The van der Waals surface area contributed by atoms with Crippen molar-refractivity contribution in [1.29, 1.82) is 0 Å². The van der Waals surface area contributed by atoms with Crippen LogP contribution in [0.15, 0.2) is 15.3 Å². The fourth-order valence-electron chi connectivity index (χ4n) is 1.05. The molecule has 1 N–H and O–H groups in total. The number of nitrogens with one attached hydrogen (secondary N) is 1. The summed E-state index contributed by atoms with van der Waals surface area (Å²) in [5.74, 6) is 0. The molecule has 0 amide bonds. The van der Waals surface area contributed by atoms with Crippen molar-refractivity contribution >= 4 is 21.9 Å². The molecule has 0 saturated heterocycles. The van der Waals surface area contributed by atoms with E-state index in [1.807, 2.05) is 0 Å². The third-order valence-corrected chi connectivity index (χ3v) is 2.27. The summed E-state index contributed by atoms with van der Waals surface area (Å²) in [6.45, 7) is 0. The van der Waals surface area contributed by atoms with Gasteiger partial charge in [0, 0.05) is 6.04 Å². The number of hydrogen-bond donors (Lipinski definition) is 1. The zero-order valence-electron chi connectivity index (χ0n) is 6.01. The minimum absolute atomic E-state index is 0.584. The normalized spacial score (nSPS) is 17.9. The molecular weight excluding hydrogens is 208 g/mol. The van der Waals surface area contributed by atoms with Gasteiger partial charge in [-0.2, -0.15) is 4.98 Å². The minimum atomic E-state index is 0.584. The molecule has 0 aliphatic heterocycles. The largest absolute Gasteiger partial charge is 0.431 e. The Morgan fingerprint density at radius 2 is 2.45 bits per heavy atom. The lowest BCUT2D eigenvalue weighted by molar-refractivity contribution is 0.429. The highest BCUT2D eigenvalue weighted by Crippen LogP contribution is 2.23. The SMILES string of the molecule is Brc1coc(NC2CCC2)n1. The highest BCUT2D eigenvalue weighted by Gasteiger charge is 2.18. The number of halogens is 1. The van der Waals surface area contributed by atoms with Crippen LogP contribution in [0.4, 0.5) is 6.01 Å². The van der Waals surface area contributed by atoms with Crippen molar-refractivity contribution < 1.29 is 4.42 Å². The maximum Gasteiger partial charge on any atom is 0.295 e. The number of rotatable bonds is 2. The third-order valence-electron chi connectivity index (χ3n) is 1.91. The summed E-state index contributed by atoms with van der Waals surface area (Å²) < 4.78 is 5.85. The van der Waals surface area contributed by atoms with Gasteiger partial charge in [-0.1, -0.05) is 0 Å². The first-order valence-electron chi connectivity index (χ1n) is 3.72. The first-order valence-corrected chi connectivity index (χ1v) is 4.51. The zero-order valence-corrected chi connectivity index (χ0v) is 7.60. The summed E-state index contributed by atoms with van der Waals surface area (Å²) in [6, 6.07) is 1.21. The Morgan fingerprint density at radius 1 is 1.64 bits per heavy atom. The molecule has 0 aromatic carbocycles. The molecule has 1 aliphatic rings. The lowest BCUT2D eigenvalue weighted by Gasteiger charge is -2.25. The van der Waals surface area contributed by atoms with Gasteiger partial charge in [0.1, 0.15) is 10.9 Å². The van der Waals surface area contributed by atoms with E-state index in [-0.39, 0.29) is 0 Å². The molecule has 2 rings (SSSR count). The van der Waals surface area contributed by atoms with E-state index in [0.29, 0.717) is 12.1 Å². The topological polar surface area (TPSA) is 38.1 Å². The van der Waals surface area contributed by atoms with Gasteiger partial charge in [0.05, 0.1) is 0 Å². The Hall–Kier alpha value is -0.510. The summed E-state index contributed by atoms with van der Waals surface area (Å²) in [5.41, 5.74) is 0. The molecule has 1 aromatic heterocycles. The summed E-state index contributed by atoms with van der Waals surface area (Å²) in [6.07, 6.45) is 5.38. The van der Waals surface area contributed by atoms with Crippen LogP contribution in [0.3, 0.4) is 0 Å². The van der Waals surface area contributed by atoms with E-state index in [9.17, 15) is 0 Å². The molecule has 0 atom stereocenters. The number of hydrogen-bond acceptors (Lipinski definition) is 3. The van der Waals surface area contributed by atoms with Crippen molar-refractivity contribution in [3.63, 3.8) is 0 Å². The van der Waals surface area contributed by atoms with E-state index >= 15 is 0 Å². The van der Waals surface area contributed by atoms with Gasteiger partial charge in [-0.25, -0.2) is 0 Å². The molecule has 1 saturated carbocycles. The maximum atomic E-state index is 5.10. The number of aromatic nitrogens is 1. The van der Waals surface area contributed by atoms with Crippen LogP contribution >= 0.6 is 15.9 Å². The van der Waals surface area contributed by atoms with Crippen molar-refractivity contribution in [3.8, 4) is 0 Å². The molecule has 1 aromatic rings. The number of oxazole rings is 1. The van der Waals surface area contributed by atoms with Crippen molar-refractivity contribution in [2.75, 3.05) is 5.32 Å². The molecule has 3 nitrogen and oxygen atoms in total. The molecule has 0 bridgehead atoms. The van der Waals surface area contributed by atoms with E-state index in [0.717, 1.165) is 4.60 Å². The standard InChI is InChI=1S/C7H9BrN2O/c8-6-4-11-7(10-6)9-5-2-1-3-5/h4-5H,1-3H2,(H,9,10). The summed E-state index contributed by atoms with van der Waals surface area (Å²) in [7, 11) is 0. The average molecular weight is 217 g/mol. The Kier molecular flexibility index (Phi) is 1.85. The second kappa shape index (κ2) is 2.85. The summed E-state index contributed by atoms with van der Waals surface area (Å²) >= 11 is 3.22. The van der Waals surface area contributed by atoms with Gasteiger partial charge in [-0.05, 0) is 35.2 Å². The van der Waals surface area contributed by atoms with Gasteiger partial charge in [0.2, 0.25) is 0 Å². The Bertz CT molecular complexity index is 244. The van der Waals surface area contributed by atoms with Crippen LogP contribution in [0.2, 0.25) is 0 Å².